The van der Waals surface area contributed by atoms with E-state index in [1.54, 1.807) is 49.7 Å². The number of carbonyl (C=O) groups excluding carboxylic acids is 1. The molecule has 0 spiro atoms. The predicted molar refractivity (Wildman–Crippen MR) is 161 cm³/mol. The summed E-state index contributed by atoms with van der Waals surface area (Å²) in [5.74, 6) is -0.523. The summed E-state index contributed by atoms with van der Waals surface area (Å²) in [6.45, 7) is 4.44. The van der Waals surface area contributed by atoms with Gasteiger partial charge in [0.05, 0.1) is 36.1 Å². The molecule has 41 heavy (non-hydrogen) atoms. The van der Waals surface area contributed by atoms with Gasteiger partial charge in [0.15, 0.2) is 5.11 Å². The van der Waals surface area contributed by atoms with Crippen LogP contribution < -0.4 is 15.4 Å². The number of carbonyl (C=O) groups is 2. The lowest BCUT2D eigenvalue weighted by atomic mass is 9.96. The number of benzene rings is 2. The fraction of sp³-hybridized carbons (Fsp3) is 0.226. The van der Waals surface area contributed by atoms with Crippen LogP contribution in [0.3, 0.4) is 0 Å². The molecule has 0 bridgehead atoms. The molecule has 2 aromatic heterocycles. The third-order valence-electron chi connectivity index (χ3n) is 7.32. The van der Waals surface area contributed by atoms with Gasteiger partial charge in [-0.3, -0.25) is 9.78 Å². The maximum absolute atomic E-state index is 13.0. The smallest absolute Gasteiger partial charge is 0.335 e. The van der Waals surface area contributed by atoms with Crippen LogP contribution in [0.4, 0.5) is 5.69 Å². The molecule has 1 aliphatic rings. The van der Waals surface area contributed by atoms with Crippen molar-refractivity contribution >= 4 is 34.9 Å². The Kier molecular flexibility index (Phi) is 8.02. The van der Waals surface area contributed by atoms with E-state index in [2.05, 4.69) is 31.2 Å². The van der Waals surface area contributed by atoms with Crippen LogP contribution in [-0.2, 0) is 4.79 Å². The summed E-state index contributed by atoms with van der Waals surface area (Å²) in [7, 11) is 1.57. The second-order valence-electron chi connectivity index (χ2n) is 9.83. The summed E-state index contributed by atoms with van der Waals surface area (Å²) in [6.07, 6.45) is 1.97. The number of hydrogen-bond donors (Lipinski definition) is 3. The van der Waals surface area contributed by atoms with Crippen LogP contribution in [0.15, 0.2) is 79.0 Å². The van der Waals surface area contributed by atoms with E-state index in [0.29, 0.717) is 23.1 Å². The third kappa shape index (κ3) is 5.64. The van der Waals surface area contributed by atoms with Crippen LogP contribution in [0, 0.1) is 13.8 Å². The van der Waals surface area contributed by atoms with Crippen LogP contribution in [0.2, 0.25) is 0 Å². The van der Waals surface area contributed by atoms with Gasteiger partial charge >= 0.3 is 5.97 Å². The van der Waals surface area contributed by atoms with E-state index >= 15 is 0 Å². The molecule has 3 N–H and O–H groups in total. The molecule has 2 aromatic carbocycles. The Morgan fingerprint density at radius 1 is 1.07 bits per heavy atom. The molecule has 0 saturated carbocycles. The van der Waals surface area contributed by atoms with E-state index in [1.165, 1.54) is 0 Å². The van der Waals surface area contributed by atoms with Crippen molar-refractivity contribution in [3.63, 3.8) is 0 Å². The molecule has 0 aliphatic carbocycles. The lowest BCUT2D eigenvalue weighted by molar-refractivity contribution is -0.116. The van der Waals surface area contributed by atoms with Crippen molar-refractivity contribution in [2.45, 2.75) is 32.4 Å². The van der Waals surface area contributed by atoms with Crippen LogP contribution in [0.25, 0.3) is 5.69 Å². The number of pyridine rings is 1. The first-order valence-electron chi connectivity index (χ1n) is 13.2. The van der Waals surface area contributed by atoms with Gasteiger partial charge in [-0.25, -0.2) is 4.79 Å². The molecule has 1 saturated heterocycles. The maximum Gasteiger partial charge on any atom is 0.335 e. The Morgan fingerprint density at radius 2 is 1.80 bits per heavy atom. The van der Waals surface area contributed by atoms with E-state index < -0.39 is 5.97 Å². The zero-order valence-electron chi connectivity index (χ0n) is 23.0. The molecule has 3 heterocycles. The van der Waals surface area contributed by atoms with Crippen molar-refractivity contribution in [2.75, 3.05) is 19.0 Å². The number of rotatable bonds is 9. The van der Waals surface area contributed by atoms with Crippen molar-refractivity contribution in [1.29, 1.82) is 0 Å². The minimum Gasteiger partial charge on any atom is -0.495 e. The highest BCUT2D eigenvalue weighted by atomic mass is 32.1. The number of thiocarbonyl (C=S) groups is 1. The normalized spacial score (nSPS) is 16.4. The van der Waals surface area contributed by atoms with Gasteiger partial charge < -0.3 is 29.9 Å². The monoisotopic (exact) mass is 569 g/mol. The van der Waals surface area contributed by atoms with Crippen molar-refractivity contribution < 1.29 is 19.4 Å². The average Bonchev–Trinajstić information content (AvgIpc) is 3.46. The Bertz CT molecular complexity index is 1590. The fourth-order valence-electron chi connectivity index (χ4n) is 5.40. The Hall–Kier alpha value is -4.70. The first-order chi connectivity index (χ1) is 19.8. The zero-order chi connectivity index (χ0) is 29.1. The number of nitrogens with zero attached hydrogens (tertiary/aromatic N) is 3. The standard InChI is InChI=1S/C31H31N5O4S/c1-19-18-23(20(2)36(19)22-13-11-21(12-14-22)30(38)39)29-28(25-9-6-7-16-32-25)34-31(41)35(29)17-15-27(37)33-24-8-4-5-10-26(24)40-3/h4-14,16,18,28-29H,15,17H2,1-3H3,(H,33,37)(H,34,41)(H,38,39)/t28-,29+/m1/s1. The number of aryl methyl sites for hydroxylation is 1. The van der Waals surface area contributed by atoms with E-state index in [-0.39, 0.29) is 30.0 Å². The van der Waals surface area contributed by atoms with Crippen molar-refractivity contribution in [1.82, 2.24) is 19.8 Å². The van der Waals surface area contributed by atoms with Gasteiger partial charge in [0.25, 0.3) is 0 Å². The minimum atomic E-state index is -0.965. The molecule has 9 nitrogen and oxygen atoms in total. The molecular formula is C31H31N5O4S. The number of aromatic carboxylic acids is 1. The van der Waals surface area contributed by atoms with Gasteiger partial charge in [0.1, 0.15) is 5.75 Å². The van der Waals surface area contributed by atoms with Crippen LogP contribution in [-0.4, -0.2) is 50.2 Å². The number of nitrogens with one attached hydrogen (secondary N) is 2. The largest absolute Gasteiger partial charge is 0.495 e. The molecule has 1 aliphatic heterocycles. The number of methoxy groups -OCH3 is 1. The minimum absolute atomic E-state index is 0.152. The zero-order valence-corrected chi connectivity index (χ0v) is 23.8. The number of carboxylic acids is 1. The van der Waals surface area contributed by atoms with Gasteiger partial charge in [-0.1, -0.05) is 18.2 Å². The lowest BCUT2D eigenvalue weighted by Crippen LogP contribution is -2.33. The second-order valence-corrected chi connectivity index (χ2v) is 10.2. The number of anilines is 1. The number of carboxylic acid groups (broad SMARTS) is 1. The lowest BCUT2D eigenvalue weighted by Gasteiger charge is -2.28. The summed E-state index contributed by atoms with van der Waals surface area (Å²) in [6, 6.07) is 21.6. The van der Waals surface area contributed by atoms with E-state index in [9.17, 15) is 14.7 Å². The molecule has 10 heteroatoms. The van der Waals surface area contributed by atoms with Gasteiger partial charge in [-0.05, 0) is 86.2 Å². The van der Waals surface area contributed by atoms with Crippen molar-refractivity contribution in [3.8, 4) is 11.4 Å². The summed E-state index contributed by atoms with van der Waals surface area (Å²) >= 11 is 5.80. The summed E-state index contributed by atoms with van der Waals surface area (Å²) in [5, 5.41) is 16.3. The Morgan fingerprint density at radius 3 is 2.49 bits per heavy atom. The average molecular weight is 570 g/mol. The van der Waals surface area contributed by atoms with Crippen LogP contribution in [0.1, 0.15) is 51.5 Å². The molecule has 1 amide bonds. The molecule has 5 rings (SSSR count). The van der Waals surface area contributed by atoms with E-state index in [0.717, 1.165) is 28.3 Å². The summed E-state index contributed by atoms with van der Waals surface area (Å²) in [4.78, 5) is 31.0. The number of para-hydroxylation sites is 2. The van der Waals surface area contributed by atoms with Gasteiger partial charge in [0.2, 0.25) is 5.91 Å². The Labute approximate surface area is 243 Å². The highest BCUT2D eigenvalue weighted by Crippen LogP contribution is 2.41. The highest BCUT2D eigenvalue weighted by molar-refractivity contribution is 7.80. The molecule has 2 atom stereocenters. The van der Waals surface area contributed by atoms with Crippen LogP contribution >= 0.6 is 12.2 Å². The SMILES string of the molecule is COc1ccccc1NC(=O)CCN1C(=S)N[C@H](c2ccccn2)[C@@H]1c1cc(C)n(-c2ccc(C(=O)O)cc2)c1C. The molecule has 0 unspecified atom stereocenters. The van der Waals surface area contributed by atoms with E-state index in [4.69, 9.17) is 17.0 Å². The van der Waals surface area contributed by atoms with Gasteiger partial charge in [-0.2, -0.15) is 0 Å². The Balaban J connectivity index is 1.46. The fourth-order valence-corrected chi connectivity index (χ4v) is 5.74. The molecule has 0 radical (unpaired) electrons. The number of ether oxygens (including phenoxy) is 1. The predicted octanol–water partition coefficient (Wildman–Crippen LogP) is 5.20. The molecule has 1 fully saturated rings. The molecular weight excluding hydrogens is 538 g/mol. The third-order valence-corrected chi connectivity index (χ3v) is 7.67. The van der Waals surface area contributed by atoms with Crippen molar-refractivity contribution in [3.05, 3.63) is 107 Å². The van der Waals surface area contributed by atoms with Gasteiger partial charge in [0, 0.05) is 36.2 Å². The first-order valence-corrected chi connectivity index (χ1v) is 13.6. The molecule has 210 valence electrons. The number of amides is 1. The number of aromatic nitrogens is 2. The summed E-state index contributed by atoms with van der Waals surface area (Å²) in [5.41, 5.74) is 5.58. The second kappa shape index (κ2) is 11.8. The number of hydrogen-bond acceptors (Lipinski definition) is 5. The topological polar surface area (TPSA) is 109 Å². The van der Waals surface area contributed by atoms with Gasteiger partial charge in [-0.15, -0.1) is 0 Å². The first kappa shape index (κ1) is 27.9. The summed E-state index contributed by atoms with van der Waals surface area (Å²) < 4.78 is 7.47. The molecule has 4 aromatic rings. The highest BCUT2D eigenvalue weighted by Gasteiger charge is 2.41. The van der Waals surface area contributed by atoms with Crippen LogP contribution in [0.5, 0.6) is 5.75 Å². The quantitative estimate of drug-likeness (QED) is 0.236. The maximum atomic E-state index is 13.0. The van der Waals surface area contributed by atoms with E-state index in [1.807, 2.05) is 44.2 Å². The van der Waals surface area contributed by atoms with Crippen molar-refractivity contribution in [2.24, 2.45) is 0 Å².